The Labute approximate surface area is 130 Å². The molecule has 0 aromatic heterocycles. The van der Waals surface area contributed by atoms with Gasteiger partial charge in [0.2, 0.25) is 0 Å². The third kappa shape index (κ3) is 4.38. The average Bonchev–Trinajstić information content (AvgIpc) is 2.49. The van der Waals surface area contributed by atoms with Crippen LogP contribution in [0.15, 0.2) is 42.5 Å². The van der Waals surface area contributed by atoms with Crippen LogP contribution in [0.3, 0.4) is 0 Å². The Hall–Kier alpha value is -1.71. The number of benzene rings is 2. The van der Waals surface area contributed by atoms with Crippen LogP contribution in [0.25, 0.3) is 0 Å². The lowest BCUT2D eigenvalue weighted by Crippen LogP contribution is -2.05. The summed E-state index contributed by atoms with van der Waals surface area (Å²) in [7, 11) is 1.70. The van der Waals surface area contributed by atoms with E-state index in [1.165, 1.54) is 11.1 Å². The highest BCUT2D eigenvalue weighted by Gasteiger charge is 2.06. The minimum Gasteiger partial charge on any atom is -0.492 e. The number of methoxy groups -OCH3 is 1. The monoisotopic (exact) mass is 305 g/mol. The predicted octanol–water partition coefficient (Wildman–Crippen LogP) is 4.50. The zero-order valence-corrected chi connectivity index (χ0v) is 13.1. The maximum atomic E-state index is 6.06. The summed E-state index contributed by atoms with van der Waals surface area (Å²) < 4.78 is 10.8. The van der Waals surface area contributed by atoms with Crippen molar-refractivity contribution in [3.05, 3.63) is 58.6 Å². The Morgan fingerprint density at radius 1 is 1.10 bits per heavy atom. The molecule has 2 aromatic rings. The average molecular weight is 306 g/mol. The van der Waals surface area contributed by atoms with Crippen molar-refractivity contribution in [3.63, 3.8) is 0 Å². The van der Waals surface area contributed by atoms with Gasteiger partial charge in [-0.2, -0.15) is 0 Å². The third-order valence-electron chi connectivity index (χ3n) is 3.13. The number of nitrogens with one attached hydrogen (secondary N) is 1. The molecular weight excluding hydrogens is 286 g/mol. The zero-order chi connectivity index (χ0) is 15.1. The molecule has 1 N–H and O–H groups in total. The van der Waals surface area contributed by atoms with Gasteiger partial charge in [0.1, 0.15) is 5.75 Å². The third-order valence-corrected chi connectivity index (χ3v) is 3.36. The molecule has 2 aromatic carbocycles. The van der Waals surface area contributed by atoms with Gasteiger partial charge in [-0.1, -0.05) is 35.9 Å². The van der Waals surface area contributed by atoms with Crippen LogP contribution in [0.4, 0.5) is 5.69 Å². The van der Waals surface area contributed by atoms with E-state index in [-0.39, 0.29) is 0 Å². The lowest BCUT2D eigenvalue weighted by molar-refractivity contribution is 0.184. The SMILES string of the molecule is CCOc1ccc(Cl)cc1NCc1ccccc1COC. The molecular formula is C17H20ClNO2. The summed E-state index contributed by atoms with van der Waals surface area (Å²) >= 11 is 6.06. The highest BCUT2D eigenvalue weighted by Crippen LogP contribution is 2.28. The molecule has 0 unspecified atom stereocenters. The standard InChI is InChI=1S/C17H20ClNO2/c1-3-21-17-9-8-15(18)10-16(17)19-11-13-6-4-5-7-14(13)12-20-2/h4-10,19H,3,11-12H2,1-2H3. The molecule has 0 atom stereocenters. The summed E-state index contributed by atoms with van der Waals surface area (Å²) in [6.07, 6.45) is 0. The molecule has 2 rings (SSSR count). The molecule has 3 nitrogen and oxygen atoms in total. The Kier molecular flexibility index (Phi) is 5.90. The van der Waals surface area contributed by atoms with Crippen LogP contribution >= 0.6 is 11.6 Å². The van der Waals surface area contributed by atoms with E-state index in [9.17, 15) is 0 Å². The molecule has 0 aliphatic rings. The first-order chi connectivity index (χ1) is 10.2. The van der Waals surface area contributed by atoms with Crippen molar-refractivity contribution in [2.24, 2.45) is 0 Å². The topological polar surface area (TPSA) is 30.5 Å². The van der Waals surface area contributed by atoms with Crippen molar-refractivity contribution >= 4 is 17.3 Å². The van der Waals surface area contributed by atoms with Crippen molar-refractivity contribution in [1.82, 2.24) is 0 Å². The number of rotatable bonds is 7. The Balaban J connectivity index is 2.14. The first-order valence-electron chi connectivity index (χ1n) is 6.96. The lowest BCUT2D eigenvalue weighted by Gasteiger charge is -2.14. The highest BCUT2D eigenvalue weighted by molar-refractivity contribution is 6.30. The van der Waals surface area contributed by atoms with Crippen LogP contribution < -0.4 is 10.1 Å². The van der Waals surface area contributed by atoms with Crippen LogP contribution in [0.5, 0.6) is 5.75 Å². The number of halogens is 1. The van der Waals surface area contributed by atoms with Gasteiger partial charge in [-0.25, -0.2) is 0 Å². The molecule has 0 bridgehead atoms. The van der Waals surface area contributed by atoms with Crippen molar-refractivity contribution in [2.75, 3.05) is 19.0 Å². The van der Waals surface area contributed by atoms with Crippen molar-refractivity contribution in [3.8, 4) is 5.75 Å². The van der Waals surface area contributed by atoms with Gasteiger partial charge in [0, 0.05) is 18.7 Å². The van der Waals surface area contributed by atoms with Crippen LogP contribution in [0.1, 0.15) is 18.1 Å². The van der Waals surface area contributed by atoms with E-state index >= 15 is 0 Å². The fourth-order valence-electron chi connectivity index (χ4n) is 2.14. The van der Waals surface area contributed by atoms with Gasteiger partial charge in [-0.3, -0.25) is 0 Å². The van der Waals surface area contributed by atoms with Gasteiger partial charge < -0.3 is 14.8 Å². The molecule has 0 heterocycles. The second kappa shape index (κ2) is 7.91. The molecule has 21 heavy (non-hydrogen) atoms. The van der Waals surface area contributed by atoms with Crippen LogP contribution in [-0.2, 0) is 17.9 Å². The first kappa shape index (κ1) is 15.7. The Morgan fingerprint density at radius 2 is 1.86 bits per heavy atom. The smallest absolute Gasteiger partial charge is 0.142 e. The van der Waals surface area contributed by atoms with E-state index in [0.717, 1.165) is 11.4 Å². The van der Waals surface area contributed by atoms with E-state index in [4.69, 9.17) is 21.1 Å². The highest BCUT2D eigenvalue weighted by atomic mass is 35.5. The molecule has 0 fully saturated rings. The molecule has 4 heteroatoms. The lowest BCUT2D eigenvalue weighted by atomic mass is 10.1. The quantitative estimate of drug-likeness (QED) is 0.817. The van der Waals surface area contributed by atoms with Gasteiger partial charge in [-0.05, 0) is 36.2 Å². The Morgan fingerprint density at radius 3 is 2.57 bits per heavy atom. The molecule has 0 aliphatic carbocycles. The fraction of sp³-hybridized carbons (Fsp3) is 0.294. The molecule has 0 amide bonds. The predicted molar refractivity (Wildman–Crippen MR) is 87.1 cm³/mol. The summed E-state index contributed by atoms with van der Waals surface area (Å²) in [5, 5.41) is 4.08. The van der Waals surface area contributed by atoms with E-state index < -0.39 is 0 Å². The summed E-state index contributed by atoms with van der Waals surface area (Å²) in [4.78, 5) is 0. The van der Waals surface area contributed by atoms with Gasteiger partial charge in [-0.15, -0.1) is 0 Å². The van der Waals surface area contributed by atoms with E-state index in [0.29, 0.717) is 24.8 Å². The number of anilines is 1. The van der Waals surface area contributed by atoms with E-state index in [2.05, 4.69) is 17.4 Å². The minimum atomic E-state index is 0.603. The minimum absolute atomic E-state index is 0.603. The van der Waals surface area contributed by atoms with E-state index in [1.54, 1.807) is 7.11 Å². The second-order valence-corrected chi connectivity index (χ2v) is 5.07. The molecule has 0 spiro atoms. The van der Waals surface area contributed by atoms with Crippen molar-refractivity contribution in [1.29, 1.82) is 0 Å². The first-order valence-corrected chi connectivity index (χ1v) is 7.34. The summed E-state index contributed by atoms with van der Waals surface area (Å²) in [6, 6.07) is 13.8. The molecule has 0 saturated heterocycles. The van der Waals surface area contributed by atoms with Crippen molar-refractivity contribution in [2.45, 2.75) is 20.1 Å². The number of ether oxygens (including phenoxy) is 2. The normalized spacial score (nSPS) is 10.4. The molecule has 0 radical (unpaired) electrons. The number of hydrogen-bond donors (Lipinski definition) is 1. The van der Waals surface area contributed by atoms with Gasteiger partial charge in [0.05, 0.1) is 18.9 Å². The summed E-state index contributed by atoms with van der Waals surface area (Å²) in [5.74, 6) is 0.811. The molecule has 0 aliphatic heterocycles. The van der Waals surface area contributed by atoms with Crippen LogP contribution in [0, 0.1) is 0 Å². The van der Waals surface area contributed by atoms with Crippen molar-refractivity contribution < 1.29 is 9.47 Å². The van der Waals surface area contributed by atoms with Gasteiger partial charge >= 0.3 is 0 Å². The molecule has 0 saturated carbocycles. The zero-order valence-electron chi connectivity index (χ0n) is 12.4. The van der Waals surface area contributed by atoms with Gasteiger partial charge in [0.25, 0.3) is 0 Å². The Bertz CT molecular complexity index is 587. The maximum absolute atomic E-state index is 6.06. The maximum Gasteiger partial charge on any atom is 0.142 e. The van der Waals surface area contributed by atoms with E-state index in [1.807, 2.05) is 37.3 Å². The van der Waals surface area contributed by atoms with Crippen LogP contribution in [0.2, 0.25) is 5.02 Å². The summed E-state index contributed by atoms with van der Waals surface area (Å²) in [6.45, 7) is 3.88. The fourth-order valence-corrected chi connectivity index (χ4v) is 2.31. The largest absolute Gasteiger partial charge is 0.492 e. The number of hydrogen-bond acceptors (Lipinski definition) is 3. The second-order valence-electron chi connectivity index (χ2n) is 4.63. The van der Waals surface area contributed by atoms with Crippen LogP contribution in [-0.4, -0.2) is 13.7 Å². The van der Waals surface area contributed by atoms with Gasteiger partial charge in [0.15, 0.2) is 0 Å². The molecule has 112 valence electrons. The summed E-state index contributed by atoms with van der Waals surface area (Å²) in [5.41, 5.74) is 3.27.